The number of hydrogen-bond acceptors (Lipinski definition) is 3. The van der Waals surface area contributed by atoms with Crippen LogP contribution in [0.3, 0.4) is 0 Å². The van der Waals surface area contributed by atoms with E-state index in [0.29, 0.717) is 12.1 Å². The summed E-state index contributed by atoms with van der Waals surface area (Å²) in [6.45, 7) is 0.354. The molecule has 0 aliphatic heterocycles. The Kier molecular flexibility index (Phi) is 4.74. The summed E-state index contributed by atoms with van der Waals surface area (Å²) in [5.74, 6) is 0.0568. The number of pyridine rings is 1. The molecule has 3 rings (SSSR count). The van der Waals surface area contributed by atoms with Crippen LogP contribution in [0.4, 0.5) is 5.69 Å². The van der Waals surface area contributed by atoms with Gasteiger partial charge in [-0.1, -0.05) is 54.6 Å². The Hall–Kier alpha value is -2.59. The van der Waals surface area contributed by atoms with Gasteiger partial charge in [0.25, 0.3) is 5.56 Å². The van der Waals surface area contributed by atoms with Crippen molar-refractivity contribution in [1.29, 1.82) is 0 Å². The van der Waals surface area contributed by atoms with Crippen LogP contribution in [-0.4, -0.2) is 16.6 Å². The van der Waals surface area contributed by atoms with Gasteiger partial charge < -0.3 is 15.4 Å². The predicted molar refractivity (Wildman–Crippen MR) is 92.6 cm³/mol. The summed E-state index contributed by atoms with van der Waals surface area (Å²) in [7, 11) is 0. The summed E-state index contributed by atoms with van der Waals surface area (Å²) in [4.78, 5) is 15.0. The van der Waals surface area contributed by atoms with Crippen molar-refractivity contribution in [2.24, 2.45) is 0 Å². The average molecular weight is 308 g/mol. The molecule has 4 heteroatoms. The fourth-order valence-corrected chi connectivity index (χ4v) is 2.81. The van der Waals surface area contributed by atoms with Crippen molar-refractivity contribution in [2.75, 3.05) is 11.9 Å². The molecule has 2 aromatic rings. The standard InChI is InChI=1S/C19H20N2O2/c22-17(14-7-3-1-4-8-14)13-21-16-11-12-20-19(23)18(16)15-9-5-2-6-10-15/h1-9,11-12,15,17,22H,10,13H2,(H2,20,21,23)/t15?,17-/m1/s1. The van der Waals surface area contributed by atoms with Crippen LogP contribution in [0.1, 0.15) is 29.6 Å². The second kappa shape index (κ2) is 7.11. The van der Waals surface area contributed by atoms with Gasteiger partial charge in [0.2, 0.25) is 0 Å². The number of hydrogen-bond donors (Lipinski definition) is 3. The molecular weight excluding hydrogens is 288 g/mol. The molecule has 4 nitrogen and oxygen atoms in total. The highest BCUT2D eigenvalue weighted by Gasteiger charge is 2.17. The van der Waals surface area contributed by atoms with E-state index in [9.17, 15) is 9.90 Å². The van der Waals surface area contributed by atoms with Crippen LogP contribution in [0.15, 0.2) is 71.7 Å². The van der Waals surface area contributed by atoms with Crippen molar-refractivity contribution in [2.45, 2.75) is 18.4 Å². The maximum absolute atomic E-state index is 12.2. The average Bonchev–Trinajstić information content (AvgIpc) is 2.61. The Bertz CT molecular complexity index is 762. The molecule has 0 amide bonds. The zero-order valence-corrected chi connectivity index (χ0v) is 12.8. The summed E-state index contributed by atoms with van der Waals surface area (Å²) in [6.07, 6.45) is 9.85. The third kappa shape index (κ3) is 3.60. The number of benzene rings is 1. The quantitative estimate of drug-likeness (QED) is 0.795. The summed E-state index contributed by atoms with van der Waals surface area (Å²) in [5.41, 5.74) is 2.25. The molecule has 1 heterocycles. The Morgan fingerprint density at radius 1 is 1.22 bits per heavy atom. The molecule has 1 aliphatic carbocycles. The van der Waals surface area contributed by atoms with Gasteiger partial charge >= 0.3 is 0 Å². The lowest BCUT2D eigenvalue weighted by Gasteiger charge is -2.19. The monoisotopic (exact) mass is 308 g/mol. The largest absolute Gasteiger partial charge is 0.387 e. The number of aromatic nitrogens is 1. The van der Waals surface area contributed by atoms with Gasteiger partial charge in [-0.3, -0.25) is 4.79 Å². The SMILES string of the molecule is O=c1[nH]ccc(NC[C@@H](O)c2ccccc2)c1C1C=CC=CC1. The lowest BCUT2D eigenvalue weighted by molar-refractivity contribution is 0.191. The highest BCUT2D eigenvalue weighted by molar-refractivity contribution is 5.53. The van der Waals surface area contributed by atoms with Crippen molar-refractivity contribution in [3.05, 3.63) is 88.4 Å². The molecule has 118 valence electrons. The summed E-state index contributed by atoms with van der Waals surface area (Å²) >= 11 is 0. The van der Waals surface area contributed by atoms with Crippen LogP contribution >= 0.6 is 0 Å². The first kappa shape index (κ1) is 15.3. The number of anilines is 1. The van der Waals surface area contributed by atoms with Crippen LogP contribution < -0.4 is 10.9 Å². The van der Waals surface area contributed by atoms with Crippen molar-refractivity contribution in [3.63, 3.8) is 0 Å². The lowest BCUT2D eigenvalue weighted by Crippen LogP contribution is -2.21. The Morgan fingerprint density at radius 2 is 2.04 bits per heavy atom. The third-order valence-corrected chi connectivity index (χ3v) is 4.02. The van der Waals surface area contributed by atoms with E-state index in [0.717, 1.165) is 17.7 Å². The van der Waals surface area contributed by atoms with Crippen LogP contribution in [0, 0.1) is 0 Å². The minimum absolute atomic E-state index is 0.0568. The minimum atomic E-state index is -0.620. The normalized spacial score (nSPS) is 17.9. The fourth-order valence-electron chi connectivity index (χ4n) is 2.81. The molecule has 0 saturated heterocycles. The highest BCUT2D eigenvalue weighted by atomic mass is 16.3. The third-order valence-electron chi connectivity index (χ3n) is 4.02. The number of rotatable bonds is 5. The zero-order chi connectivity index (χ0) is 16.1. The second-order valence-electron chi connectivity index (χ2n) is 5.60. The van der Waals surface area contributed by atoms with Gasteiger partial charge in [0.15, 0.2) is 0 Å². The van der Waals surface area contributed by atoms with Gasteiger partial charge in [0.1, 0.15) is 0 Å². The smallest absolute Gasteiger partial charge is 0.253 e. The van der Waals surface area contributed by atoms with Gasteiger partial charge in [0, 0.05) is 29.9 Å². The van der Waals surface area contributed by atoms with E-state index in [1.807, 2.05) is 54.6 Å². The number of aliphatic hydroxyl groups excluding tert-OH is 1. The van der Waals surface area contributed by atoms with Crippen molar-refractivity contribution < 1.29 is 5.11 Å². The molecule has 0 radical (unpaired) electrons. The van der Waals surface area contributed by atoms with Crippen molar-refractivity contribution >= 4 is 5.69 Å². The Labute approximate surface area is 135 Å². The maximum atomic E-state index is 12.2. The first-order valence-corrected chi connectivity index (χ1v) is 7.77. The van der Waals surface area contributed by atoms with Crippen LogP contribution in [-0.2, 0) is 0 Å². The van der Waals surface area contributed by atoms with Crippen LogP contribution in [0.25, 0.3) is 0 Å². The molecule has 1 aliphatic rings. The van der Waals surface area contributed by atoms with Gasteiger partial charge in [0.05, 0.1) is 6.10 Å². The molecule has 1 unspecified atom stereocenters. The molecule has 0 fully saturated rings. The van der Waals surface area contributed by atoms with E-state index in [2.05, 4.69) is 16.4 Å². The van der Waals surface area contributed by atoms with Crippen molar-refractivity contribution in [1.82, 2.24) is 4.98 Å². The lowest BCUT2D eigenvalue weighted by atomic mass is 9.92. The molecule has 1 aromatic carbocycles. The van der Waals surface area contributed by atoms with Crippen LogP contribution in [0.5, 0.6) is 0 Å². The summed E-state index contributed by atoms with van der Waals surface area (Å²) in [5, 5.41) is 13.5. The van der Waals surface area contributed by atoms with Gasteiger partial charge in [-0.15, -0.1) is 0 Å². The van der Waals surface area contributed by atoms with E-state index in [1.54, 1.807) is 6.20 Å². The molecule has 0 saturated carbocycles. The fraction of sp³-hybridized carbons (Fsp3) is 0.211. The molecule has 3 N–H and O–H groups in total. The van der Waals surface area contributed by atoms with E-state index in [-0.39, 0.29) is 11.5 Å². The molecule has 1 aromatic heterocycles. The van der Waals surface area contributed by atoms with E-state index >= 15 is 0 Å². The van der Waals surface area contributed by atoms with E-state index < -0.39 is 6.10 Å². The topological polar surface area (TPSA) is 65.1 Å². The zero-order valence-electron chi connectivity index (χ0n) is 12.8. The van der Waals surface area contributed by atoms with E-state index in [1.165, 1.54) is 0 Å². The van der Waals surface area contributed by atoms with Gasteiger partial charge in [-0.2, -0.15) is 0 Å². The summed E-state index contributed by atoms with van der Waals surface area (Å²) < 4.78 is 0. The first-order chi connectivity index (χ1) is 11.3. The van der Waals surface area contributed by atoms with Crippen molar-refractivity contribution in [3.8, 4) is 0 Å². The van der Waals surface area contributed by atoms with Crippen LogP contribution in [0.2, 0.25) is 0 Å². The number of allylic oxidation sites excluding steroid dienone is 4. The second-order valence-corrected chi connectivity index (χ2v) is 5.60. The number of aliphatic hydroxyl groups is 1. The summed E-state index contributed by atoms with van der Waals surface area (Å²) in [6, 6.07) is 11.3. The highest BCUT2D eigenvalue weighted by Crippen LogP contribution is 2.27. The maximum Gasteiger partial charge on any atom is 0.253 e. The molecule has 0 bridgehead atoms. The number of H-pyrrole nitrogens is 1. The van der Waals surface area contributed by atoms with Gasteiger partial charge in [-0.25, -0.2) is 0 Å². The minimum Gasteiger partial charge on any atom is -0.387 e. The predicted octanol–water partition coefficient (Wildman–Crippen LogP) is 3.12. The number of aromatic amines is 1. The first-order valence-electron chi connectivity index (χ1n) is 7.77. The Morgan fingerprint density at radius 3 is 2.78 bits per heavy atom. The van der Waals surface area contributed by atoms with Gasteiger partial charge in [-0.05, 0) is 18.1 Å². The molecule has 0 spiro atoms. The molecule has 2 atom stereocenters. The molecular formula is C19H20N2O2. The molecule has 23 heavy (non-hydrogen) atoms. The number of nitrogens with one attached hydrogen (secondary N) is 2. The Balaban J connectivity index is 1.78. The van der Waals surface area contributed by atoms with E-state index in [4.69, 9.17) is 0 Å².